The fourth-order valence-electron chi connectivity index (χ4n) is 2.11. The minimum atomic E-state index is -0.540. The van der Waals surface area contributed by atoms with E-state index in [0.717, 1.165) is 10.0 Å². The van der Waals surface area contributed by atoms with Gasteiger partial charge in [-0.2, -0.15) is 5.26 Å². The lowest BCUT2D eigenvalue weighted by molar-refractivity contribution is -0.131. The lowest BCUT2D eigenvalue weighted by Crippen LogP contribution is -2.13. The van der Waals surface area contributed by atoms with Crippen LogP contribution in [0.15, 0.2) is 52.5 Å². The van der Waals surface area contributed by atoms with Crippen molar-refractivity contribution in [2.45, 2.75) is 13.8 Å². The topological polar surface area (TPSA) is 79.2 Å². The molecule has 2 aromatic rings. The Morgan fingerprint density at radius 1 is 1.24 bits per heavy atom. The summed E-state index contributed by atoms with van der Waals surface area (Å²) in [5, 5.41) is 12.0. The van der Waals surface area contributed by atoms with E-state index in [1.807, 2.05) is 25.1 Å². The Labute approximate surface area is 154 Å². The van der Waals surface area contributed by atoms with Gasteiger partial charge in [0.05, 0.1) is 0 Å². The summed E-state index contributed by atoms with van der Waals surface area (Å²) >= 11 is 3.32. The number of ether oxygens (including phenoxy) is 1. The maximum absolute atomic E-state index is 12.4. The molecule has 0 aliphatic carbocycles. The monoisotopic (exact) mass is 398 g/mol. The maximum atomic E-state index is 12.4. The highest BCUT2D eigenvalue weighted by atomic mass is 79.9. The van der Waals surface area contributed by atoms with Gasteiger partial charge >= 0.3 is 5.97 Å². The largest absolute Gasteiger partial charge is 0.426 e. The zero-order chi connectivity index (χ0) is 18.4. The van der Waals surface area contributed by atoms with E-state index in [9.17, 15) is 14.9 Å². The van der Waals surface area contributed by atoms with Crippen molar-refractivity contribution in [1.82, 2.24) is 0 Å². The molecule has 0 saturated carbocycles. The summed E-state index contributed by atoms with van der Waals surface area (Å²) < 4.78 is 5.84. The van der Waals surface area contributed by atoms with Gasteiger partial charge in [-0.15, -0.1) is 0 Å². The molecule has 2 rings (SSSR count). The zero-order valence-electron chi connectivity index (χ0n) is 13.7. The Hall–Kier alpha value is -2.91. The van der Waals surface area contributed by atoms with Crippen molar-refractivity contribution in [3.63, 3.8) is 0 Å². The van der Waals surface area contributed by atoms with Crippen molar-refractivity contribution in [3.05, 3.63) is 63.6 Å². The molecule has 6 heteroatoms. The van der Waals surface area contributed by atoms with Crippen LogP contribution in [0, 0.1) is 18.3 Å². The summed E-state index contributed by atoms with van der Waals surface area (Å²) in [6, 6.07) is 14.1. The molecule has 0 spiro atoms. The molecular weight excluding hydrogens is 384 g/mol. The van der Waals surface area contributed by atoms with E-state index in [2.05, 4.69) is 21.2 Å². The quantitative estimate of drug-likeness (QED) is 0.361. The van der Waals surface area contributed by atoms with Gasteiger partial charge in [-0.3, -0.25) is 9.59 Å². The standard InChI is InChI=1S/C19H15BrN2O3/c1-12-4-3-5-17(8-12)22-19(24)15(11-21)9-14-10-16(20)6-7-18(14)25-13(2)23/h3-10H,1-2H3,(H,22,24)/b15-9+. The Balaban J connectivity index is 2.33. The van der Waals surface area contributed by atoms with Crippen molar-refractivity contribution >= 4 is 39.6 Å². The number of rotatable bonds is 4. The first-order chi connectivity index (χ1) is 11.9. The van der Waals surface area contributed by atoms with Crippen LogP contribution in [-0.4, -0.2) is 11.9 Å². The molecular formula is C19H15BrN2O3. The third-order valence-corrected chi connectivity index (χ3v) is 3.66. The molecule has 0 aliphatic rings. The Morgan fingerprint density at radius 3 is 2.64 bits per heavy atom. The lowest BCUT2D eigenvalue weighted by atomic mass is 10.1. The van der Waals surface area contributed by atoms with Gasteiger partial charge in [0.2, 0.25) is 0 Å². The molecule has 126 valence electrons. The second kappa shape index (κ2) is 8.27. The van der Waals surface area contributed by atoms with Crippen molar-refractivity contribution in [3.8, 4) is 11.8 Å². The fourth-order valence-corrected chi connectivity index (χ4v) is 2.48. The molecule has 0 atom stereocenters. The first-order valence-electron chi connectivity index (χ1n) is 7.37. The van der Waals surface area contributed by atoms with E-state index in [4.69, 9.17) is 4.74 Å². The van der Waals surface area contributed by atoms with Crippen LogP contribution < -0.4 is 10.1 Å². The highest BCUT2D eigenvalue weighted by Gasteiger charge is 2.12. The smallest absolute Gasteiger partial charge is 0.308 e. The van der Waals surface area contributed by atoms with Crippen LogP contribution in [0.4, 0.5) is 5.69 Å². The van der Waals surface area contributed by atoms with E-state index in [1.54, 1.807) is 30.3 Å². The molecule has 0 fully saturated rings. The molecule has 0 aliphatic heterocycles. The number of hydrogen-bond donors (Lipinski definition) is 1. The number of esters is 1. The first kappa shape index (κ1) is 18.4. The normalized spacial score (nSPS) is 10.7. The molecule has 0 heterocycles. The summed E-state index contributed by atoms with van der Waals surface area (Å²) in [5.41, 5.74) is 1.93. The van der Waals surface area contributed by atoms with Crippen LogP contribution in [-0.2, 0) is 9.59 Å². The number of amides is 1. The second-order valence-electron chi connectivity index (χ2n) is 5.27. The molecule has 0 saturated heterocycles. The Morgan fingerprint density at radius 2 is 2.00 bits per heavy atom. The van der Waals surface area contributed by atoms with Gasteiger partial charge in [0.1, 0.15) is 17.4 Å². The third-order valence-electron chi connectivity index (χ3n) is 3.17. The van der Waals surface area contributed by atoms with Crippen LogP contribution in [0.25, 0.3) is 6.08 Å². The summed E-state index contributed by atoms with van der Waals surface area (Å²) in [6.07, 6.45) is 1.38. The van der Waals surface area contributed by atoms with E-state index in [1.165, 1.54) is 13.0 Å². The van der Waals surface area contributed by atoms with Crippen LogP contribution in [0.1, 0.15) is 18.1 Å². The average Bonchev–Trinajstić information content (AvgIpc) is 2.54. The van der Waals surface area contributed by atoms with Gasteiger partial charge in [0, 0.05) is 22.6 Å². The Kier molecular flexibility index (Phi) is 6.09. The number of carbonyl (C=O) groups excluding carboxylic acids is 2. The molecule has 0 unspecified atom stereocenters. The molecule has 0 aromatic heterocycles. The lowest BCUT2D eigenvalue weighted by Gasteiger charge is -2.08. The van der Waals surface area contributed by atoms with Gasteiger partial charge in [0.15, 0.2) is 0 Å². The van der Waals surface area contributed by atoms with Gasteiger partial charge in [-0.25, -0.2) is 0 Å². The fraction of sp³-hybridized carbons (Fsp3) is 0.105. The van der Waals surface area contributed by atoms with E-state index >= 15 is 0 Å². The summed E-state index contributed by atoms with van der Waals surface area (Å²) in [5.74, 6) is -0.756. The molecule has 1 N–H and O–H groups in total. The molecule has 5 nitrogen and oxygen atoms in total. The minimum Gasteiger partial charge on any atom is -0.426 e. The van der Waals surface area contributed by atoms with Crippen molar-refractivity contribution in [2.75, 3.05) is 5.32 Å². The van der Waals surface area contributed by atoms with Crippen LogP contribution in [0.3, 0.4) is 0 Å². The SMILES string of the molecule is CC(=O)Oc1ccc(Br)cc1/C=C(\C#N)C(=O)Nc1cccc(C)c1. The predicted molar refractivity (Wildman–Crippen MR) is 98.8 cm³/mol. The average molecular weight is 399 g/mol. The van der Waals surface area contributed by atoms with E-state index < -0.39 is 11.9 Å². The predicted octanol–water partition coefficient (Wildman–Crippen LogP) is 4.23. The summed E-state index contributed by atoms with van der Waals surface area (Å²) in [4.78, 5) is 23.6. The minimum absolute atomic E-state index is 0.104. The van der Waals surface area contributed by atoms with Crippen molar-refractivity contribution in [2.24, 2.45) is 0 Å². The highest BCUT2D eigenvalue weighted by molar-refractivity contribution is 9.10. The number of anilines is 1. The van der Waals surface area contributed by atoms with Crippen molar-refractivity contribution in [1.29, 1.82) is 5.26 Å². The summed E-state index contributed by atoms with van der Waals surface area (Å²) in [7, 11) is 0. The number of halogens is 1. The molecule has 0 bridgehead atoms. The van der Waals surface area contributed by atoms with Crippen LogP contribution in [0.5, 0.6) is 5.75 Å². The third kappa shape index (κ3) is 5.30. The van der Waals surface area contributed by atoms with Crippen molar-refractivity contribution < 1.29 is 14.3 Å². The van der Waals surface area contributed by atoms with Gasteiger partial charge in [-0.1, -0.05) is 28.1 Å². The van der Waals surface area contributed by atoms with Gasteiger partial charge in [-0.05, 0) is 48.9 Å². The molecule has 25 heavy (non-hydrogen) atoms. The number of nitrogens with zero attached hydrogens (tertiary/aromatic N) is 1. The number of carbonyl (C=O) groups is 2. The van der Waals surface area contributed by atoms with Crippen LogP contribution in [0.2, 0.25) is 0 Å². The molecule has 1 amide bonds. The number of nitriles is 1. The summed E-state index contributed by atoms with van der Waals surface area (Å²) in [6.45, 7) is 3.19. The number of nitrogens with one attached hydrogen (secondary N) is 1. The van der Waals surface area contributed by atoms with E-state index in [0.29, 0.717) is 11.3 Å². The second-order valence-corrected chi connectivity index (χ2v) is 6.18. The number of aryl methyl sites for hydroxylation is 1. The molecule has 0 radical (unpaired) electrons. The highest BCUT2D eigenvalue weighted by Crippen LogP contribution is 2.26. The van der Waals surface area contributed by atoms with Gasteiger partial charge < -0.3 is 10.1 Å². The van der Waals surface area contributed by atoms with Gasteiger partial charge in [0.25, 0.3) is 5.91 Å². The molecule has 2 aromatic carbocycles. The first-order valence-corrected chi connectivity index (χ1v) is 8.16. The van der Waals surface area contributed by atoms with Crippen LogP contribution >= 0.6 is 15.9 Å². The maximum Gasteiger partial charge on any atom is 0.308 e. The number of benzene rings is 2. The van der Waals surface area contributed by atoms with E-state index in [-0.39, 0.29) is 11.3 Å². The zero-order valence-corrected chi connectivity index (χ0v) is 15.3. The number of hydrogen-bond acceptors (Lipinski definition) is 4. The Bertz CT molecular complexity index is 898.